The molecule has 0 radical (unpaired) electrons. The third-order valence-corrected chi connectivity index (χ3v) is 6.49. The maximum absolute atomic E-state index is 13.7. The highest BCUT2D eigenvalue weighted by molar-refractivity contribution is 6.03. The summed E-state index contributed by atoms with van der Waals surface area (Å²) in [5.41, 5.74) is 3.25. The van der Waals surface area contributed by atoms with E-state index in [0.717, 1.165) is 41.2 Å². The van der Waals surface area contributed by atoms with E-state index in [1.807, 2.05) is 53.4 Å². The van der Waals surface area contributed by atoms with Gasteiger partial charge in [0, 0.05) is 18.0 Å². The van der Waals surface area contributed by atoms with Gasteiger partial charge in [-0.05, 0) is 48.1 Å². The summed E-state index contributed by atoms with van der Waals surface area (Å²) in [5, 5.41) is 3.54. The topological polar surface area (TPSA) is 58.6 Å². The predicted octanol–water partition coefficient (Wildman–Crippen LogP) is 5.10. The Morgan fingerprint density at radius 1 is 1.13 bits per heavy atom. The summed E-state index contributed by atoms with van der Waals surface area (Å²) in [6.07, 6.45) is 4.44. The Labute approximate surface area is 183 Å². The van der Waals surface area contributed by atoms with E-state index >= 15 is 0 Å². The first-order valence-corrected chi connectivity index (χ1v) is 11.0. The first-order valence-electron chi connectivity index (χ1n) is 11.0. The van der Waals surface area contributed by atoms with Crippen LogP contribution in [0.5, 0.6) is 5.75 Å². The van der Waals surface area contributed by atoms with Crippen molar-refractivity contribution in [2.45, 2.75) is 39.2 Å². The number of carbonyl (C=O) groups is 2. The van der Waals surface area contributed by atoms with Crippen LogP contribution in [0.1, 0.15) is 44.7 Å². The van der Waals surface area contributed by atoms with Crippen molar-refractivity contribution in [2.75, 3.05) is 17.3 Å². The molecule has 31 heavy (non-hydrogen) atoms. The molecular formula is C26H28N2O3. The number of ether oxygens (including phenoxy) is 1. The molecule has 1 N–H and O–H groups in total. The third-order valence-electron chi connectivity index (χ3n) is 6.49. The Balaban J connectivity index is 1.76. The number of hydrogen-bond acceptors (Lipinski definition) is 4. The van der Waals surface area contributed by atoms with Gasteiger partial charge in [0.1, 0.15) is 11.5 Å². The molecule has 2 unspecified atom stereocenters. The van der Waals surface area contributed by atoms with Gasteiger partial charge in [0.2, 0.25) is 5.91 Å². The molecule has 5 heteroatoms. The number of hydrogen-bond donors (Lipinski definition) is 1. The second kappa shape index (κ2) is 7.26. The minimum Gasteiger partial charge on any atom is -0.497 e. The lowest BCUT2D eigenvalue weighted by Crippen LogP contribution is -2.44. The van der Waals surface area contributed by atoms with E-state index in [9.17, 15) is 9.59 Å². The number of ketones is 1. The number of carbonyl (C=O) groups excluding carboxylic acids is 2. The molecule has 2 aromatic rings. The molecule has 1 saturated carbocycles. The monoisotopic (exact) mass is 416 g/mol. The molecule has 1 fully saturated rings. The van der Waals surface area contributed by atoms with Crippen molar-refractivity contribution in [2.24, 2.45) is 17.3 Å². The molecule has 2 aliphatic carbocycles. The second-order valence-corrected chi connectivity index (χ2v) is 9.56. The van der Waals surface area contributed by atoms with Crippen LogP contribution in [-0.2, 0) is 9.59 Å². The van der Waals surface area contributed by atoms with Crippen LogP contribution in [0.15, 0.2) is 60.3 Å². The quantitative estimate of drug-likeness (QED) is 0.756. The van der Waals surface area contributed by atoms with Crippen LogP contribution >= 0.6 is 0 Å². The van der Waals surface area contributed by atoms with Crippen molar-refractivity contribution >= 4 is 23.1 Å². The molecule has 0 saturated heterocycles. The Kier molecular flexibility index (Phi) is 4.65. The normalized spacial score (nSPS) is 24.3. The number of Topliss-reactive ketones (excluding diaryl/α,β-unsaturated/α-hetero) is 1. The second-order valence-electron chi connectivity index (χ2n) is 9.56. The highest BCUT2D eigenvalue weighted by atomic mass is 16.5. The summed E-state index contributed by atoms with van der Waals surface area (Å²) in [6, 6.07) is 15.2. The molecule has 0 spiro atoms. The molecule has 5 rings (SSSR count). The van der Waals surface area contributed by atoms with Crippen LogP contribution in [0.3, 0.4) is 0 Å². The Hall–Kier alpha value is -3.08. The van der Waals surface area contributed by atoms with Crippen LogP contribution in [-0.4, -0.2) is 18.8 Å². The number of rotatable bonds is 3. The van der Waals surface area contributed by atoms with Crippen LogP contribution in [0, 0.1) is 17.3 Å². The molecule has 1 heterocycles. The lowest BCUT2D eigenvalue weighted by molar-refractivity contribution is -0.125. The maximum Gasteiger partial charge on any atom is 0.230 e. The summed E-state index contributed by atoms with van der Waals surface area (Å²) >= 11 is 0. The smallest absolute Gasteiger partial charge is 0.230 e. The first-order chi connectivity index (χ1) is 14.9. The molecule has 0 bridgehead atoms. The zero-order valence-electron chi connectivity index (χ0n) is 18.2. The number of fused-ring (bicyclic) bond motifs is 2. The van der Waals surface area contributed by atoms with Crippen LogP contribution in [0.25, 0.3) is 0 Å². The molecule has 5 nitrogen and oxygen atoms in total. The molecule has 1 amide bonds. The molecule has 0 aromatic heterocycles. The minimum atomic E-state index is -0.449. The molecule has 160 valence electrons. The zero-order valence-corrected chi connectivity index (χ0v) is 18.2. The highest BCUT2D eigenvalue weighted by Crippen LogP contribution is 2.50. The van der Waals surface area contributed by atoms with E-state index in [2.05, 4.69) is 25.2 Å². The Morgan fingerprint density at radius 2 is 1.90 bits per heavy atom. The average molecular weight is 417 g/mol. The number of amides is 1. The van der Waals surface area contributed by atoms with Crippen molar-refractivity contribution in [1.82, 2.24) is 0 Å². The first kappa shape index (κ1) is 19.9. The van der Waals surface area contributed by atoms with Gasteiger partial charge in [-0.1, -0.05) is 44.2 Å². The summed E-state index contributed by atoms with van der Waals surface area (Å²) in [7, 11) is 1.63. The molecule has 2 aromatic carbocycles. The molecule has 3 aliphatic rings. The van der Waals surface area contributed by atoms with E-state index in [0.29, 0.717) is 6.42 Å². The maximum atomic E-state index is 13.7. The van der Waals surface area contributed by atoms with Crippen LogP contribution in [0.4, 0.5) is 11.4 Å². The largest absolute Gasteiger partial charge is 0.497 e. The Morgan fingerprint density at radius 3 is 2.65 bits per heavy atom. The predicted molar refractivity (Wildman–Crippen MR) is 121 cm³/mol. The van der Waals surface area contributed by atoms with E-state index in [1.54, 1.807) is 7.11 Å². The van der Waals surface area contributed by atoms with Gasteiger partial charge < -0.3 is 15.0 Å². The number of methoxy groups -OCH3 is 1. The molecule has 2 atom stereocenters. The number of nitrogens with zero attached hydrogens (tertiary/aromatic N) is 1. The summed E-state index contributed by atoms with van der Waals surface area (Å²) < 4.78 is 5.48. The lowest BCUT2D eigenvalue weighted by Gasteiger charge is -2.39. The molecular weight excluding hydrogens is 388 g/mol. The number of anilines is 2. The zero-order chi connectivity index (χ0) is 21.8. The van der Waals surface area contributed by atoms with Gasteiger partial charge in [-0.3, -0.25) is 9.59 Å². The number of para-hydroxylation sites is 2. The van der Waals surface area contributed by atoms with E-state index < -0.39 is 12.0 Å². The SMILES string of the molecule is COc1cccc(C2C3C(=O)CC(C)(C)C=C3Nc3ccccc3N2C(=O)C2CC2)c1. The van der Waals surface area contributed by atoms with Gasteiger partial charge in [-0.2, -0.15) is 0 Å². The van der Waals surface area contributed by atoms with Gasteiger partial charge in [0.05, 0.1) is 30.4 Å². The van der Waals surface area contributed by atoms with Crippen molar-refractivity contribution in [3.63, 3.8) is 0 Å². The van der Waals surface area contributed by atoms with Crippen molar-refractivity contribution in [3.8, 4) is 5.75 Å². The number of allylic oxidation sites excluding steroid dienone is 1. The lowest BCUT2D eigenvalue weighted by atomic mass is 9.72. The number of nitrogens with one attached hydrogen (secondary N) is 1. The van der Waals surface area contributed by atoms with Gasteiger partial charge in [0.25, 0.3) is 0 Å². The van der Waals surface area contributed by atoms with Crippen molar-refractivity contribution in [3.05, 3.63) is 65.9 Å². The molecule has 1 aliphatic heterocycles. The fraction of sp³-hybridized carbons (Fsp3) is 0.385. The summed E-state index contributed by atoms with van der Waals surface area (Å²) in [4.78, 5) is 29.1. The van der Waals surface area contributed by atoms with Gasteiger partial charge in [-0.15, -0.1) is 0 Å². The summed E-state index contributed by atoms with van der Waals surface area (Å²) in [6.45, 7) is 4.17. The van der Waals surface area contributed by atoms with Gasteiger partial charge in [-0.25, -0.2) is 0 Å². The van der Waals surface area contributed by atoms with E-state index in [1.165, 1.54) is 0 Å². The fourth-order valence-electron chi connectivity index (χ4n) is 4.95. The van der Waals surface area contributed by atoms with Crippen LogP contribution in [0.2, 0.25) is 0 Å². The third kappa shape index (κ3) is 3.52. The van der Waals surface area contributed by atoms with E-state index in [-0.39, 0.29) is 23.0 Å². The fourth-order valence-corrected chi connectivity index (χ4v) is 4.95. The standard InChI is InChI=1S/C26H28N2O3/c1-26(2)14-20-23(22(29)15-26)24(17-7-6-8-18(13-17)31-3)28(25(30)16-11-12-16)21-10-5-4-9-19(21)27-20/h4-10,13-14,16,23-24,27H,11-12,15H2,1-3H3. The average Bonchev–Trinajstić information content (AvgIpc) is 3.58. The number of benzene rings is 2. The van der Waals surface area contributed by atoms with Crippen LogP contribution < -0.4 is 15.0 Å². The van der Waals surface area contributed by atoms with Gasteiger partial charge >= 0.3 is 0 Å². The van der Waals surface area contributed by atoms with Crippen molar-refractivity contribution in [1.29, 1.82) is 0 Å². The Bertz CT molecular complexity index is 1080. The van der Waals surface area contributed by atoms with Crippen molar-refractivity contribution < 1.29 is 14.3 Å². The minimum absolute atomic E-state index is 0.0295. The highest BCUT2D eigenvalue weighted by Gasteiger charge is 2.48. The van der Waals surface area contributed by atoms with Gasteiger partial charge in [0.15, 0.2) is 0 Å². The summed E-state index contributed by atoms with van der Waals surface area (Å²) in [5.74, 6) is 0.554. The van der Waals surface area contributed by atoms with E-state index in [4.69, 9.17) is 4.74 Å².